The Labute approximate surface area is 188 Å². The van der Waals surface area contributed by atoms with Gasteiger partial charge in [-0.05, 0) is 0 Å². The number of halogens is 1. The number of benzene rings is 4. The van der Waals surface area contributed by atoms with Crippen LogP contribution < -0.4 is 15.9 Å². The van der Waals surface area contributed by atoms with Crippen LogP contribution in [0, 0.1) is 20.8 Å². The van der Waals surface area contributed by atoms with Crippen molar-refractivity contribution in [1.29, 1.82) is 0 Å². The molecule has 0 spiro atoms. The van der Waals surface area contributed by atoms with Gasteiger partial charge in [0.05, 0.1) is 0 Å². The van der Waals surface area contributed by atoms with Crippen LogP contribution in [0.3, 0.4) is 0 Å². The SMILES string of the molecule is Cc1ccccc1P(Br)(Cc1ccccc1)(c1ccccc1C)c1ccccc1C. The van der Waals surface area contributed by atoms with Crippen LogP contribution in [0.15, 0.2) is 103 Å². The summed E-state index contributed by atoms with van der Waals surface area (Å²) in [6.45, 7) is 6.75. The van der Waals surface area contributed by atoms with Gasteiger partial charge in [0, 0.05) is 0 Å². The Bertz CT molecular complexity index is 1070. The zero-order valence-corrected chi connectivity index (χ0v) is 20.3. The van der Waals surface area contributed by atoms with E-state index in [4.69, 9.17) is 0 Å². The summed E-state index contributed by atoms with van der Waals surface area (Å²) >= 11 is 4.64. The number of hydrogen-bond acceptors (Lipinski definition) is 0. The molecule has 0 amide bonds. The molecule has 0 fully saturated rings. The van der Waals surface area contributed by atoms with E-state index in [1.165, 1.54) is 38.2 Å². The number of hydrogen-bond donors (Lipinski definition) is 0. The van der Waals surface area contributed by atoms with Crippen LogP contribution in [0.1, 0.15) is 22.3 Å². The molecule has 4 aromatic carbocycles. The number of rotatable bonds is 5. The quantitative estimate of drug-likeness (QED) is 0.274. The van der Waals surface area contributed by atoms with E-state index in [0.717, 1.165) is 6.16 Å². The standard InChI is InChI=1S/C28H28BrP/c1-22-13-7-10-18-26(22)30(29,21-25-16-5-4-6-17-25,27-19-11-8-14-23(27)2)28-20-12-9-15-24(28)3/h4-20H,21H2,1-3H3. The third-order valence-corrected chi connectivity index (χ3v) is 15.8. The zero-order chi connectivity index (χ0) is 21.2. The summed E-state index contributed by atoms with van der Waals surface area (Å²) in [5.41, 5.74) is 5.33. The van der Waals surface area contributed by atoms with E-state index in [2.05, 4.69) is 139 Å². The molecule has 0 aromatic heterocycles. The minimum absolute atomic E-state index is 0.937. The van der Waals surface area contributed by atoms with Crippen molar-refractivity contribution in [2.75, 3.05) is 0 Å². The molecule has 0 radical (unpaired) electrons. The van der Waals surface area contributed by atoms with Crippen LogP contribution in [0.25, 0.3) is 0 Å². The summed E-state index contributed by atoms with van der Waals surface area (Å²) < 4.78 is 0. The molecule has 0 saturated carbocycles. The Balaban J connectivity index is 2.21. The first kappa shape index (κ1) is 21.0. The van der Waals surface area contributed by atoms with E-state index in [1.54, 1.807) is 0 Å². The van der Waals surface area contributed by atoms with Crippen molar-refractivity contribution in [3.8, 4) is 0 Å². The normalized spacial score (nSPS) is 12.9. The molecule has 0 saturated heterocycles. The molecule has 0 aliphatic heterocycles. The van der Waals surface area contributed by atoms with Gasteiger partial charge in [-0.3, -0.25) is 0 Å². The van der Waals surface area contributed by atoms with Crippen LogP contribution in [-0.2, 0) is 6.16 Å². The molecule has 0 N–H and O–H groups in total. The summed E-state index contributed by atoms with van der Waals surface area (Å²) in [5.74, 6) is 0. The van der Waals surface area contributed by atoms with Gasteiger partial charge < -0.3 is 0 Å². The van der Waals surface area contributed by atoms with Crippen molar-refractivity contribution < 1.29 is 0 Å². The molecule has 0 aliphatic rings. The Hall–Kier alpha value is -2.21. The van der Waals surface area contributed by atoms with Gasteiger partial charge >= 0.3 is 189 Å². The fraction of sp³-hybridized carbons (Fsp3) is 0.143. The summed E-state index contributed by atoms with van der Waals surface area (Å²) in [7, 11) is 0. The van der Waals surface area contributed by atoms with Gasteiger partial charge in [-0.2, -0.15) is 0 Å². The molecule has 0 atom stereocenters. The summed E-state index contributed by atoms with van der Waals surface area (Å²) in [6.07, 6.45) is 0.937. The van der Waals surface area contributed by atoms with Crippen LogP contribution in [-0.4, -0.2) is 0 Å². The van der Waals surface area contributed by atoms with E-state index in [-0.39, 0.29) is 0 Å². The first-order valence-corrected chi connectivity index (χ1v) is 14.8. The maximum atomic E-state index is 4.64. The topological polar surface area (TPSA) is 0 Å². The molecule has 30 heavy (non-hydrogen) atoms. The first-order chi connectivity index (χ1) is 14.4. The van der Waals surface area contributed by atoms with Gasteiger partial charge in [0.2, 0.25) is 0 Å². The Morgan fingerprint density at radius 2 is 0.833 bits per heavy atom. The van der Waals surface area contributed by atoms with E-state index in [1.807, 2.05) is 0 Å². The molecule has 152 valence electrons. The van der Waals surface area contributed by atoms with Crippen molar-refractivity contribution in [2.45, 2.75) is 26.9 Å². The van der Waals surface area contributed by atoms with E-state index >= 15 is 0 Å². The first-order valence-electron chi connectivity index (χ1n) is 10.4. The summed E-state index contributed by atoms with van der Waals surface area (Å²) in [5, 5.41) is 1.23. The second-order valence-electron chi connectivity index (χ2n) is 8.19. The third-order valence-electron chi connectivity index (χ3n) is 6.18. The molecule has 0 unspecified atom stereocenters. The van der Waals surface area contributed by atoms with Crippen LogP contribution >= 0.6 is 20.8 Å². The van der Waals surface area contributed by atoms with Gasteiger partial charge in [-0.25, -0.2) is 0 Å². The average Bonchev–Trinajstić information content (AvgIpc) is 2.75. The Morgan fingerprint density at radius 3 is 1.20 bits per heavy atom. The van der Waals surface area contributed by atoms with Crippen molar-refractivity contribution in [3.63, 3.8) is 0 Å². The molecule has 0 nitrogen and oxygen atoms in total. The molecule has 0 aliphatic carbocycles. The summed E-state index contributed by atoms with van der Waals surface area (Å²) in [6, 6.07) is 37.7. The maximum absolute atomic E-state index is 4.64. The van der Waals surface area contributed by atoms with Gasteiger partial charge in [0.25, 0.3) is 0 Å². The molecular formula is C28H28BrP. The molecule has 0 bridgehead atoms. The monoisotopic (exact) mass is 474 g/mol. The van der Waals surface area contributed by atoms with Gasteiger partial charge in [0.1, 0.15) is 0 Å². The van der Waals surface area contributed by atoms with Crippen molar-refractivity contribution in [2.24, 2.45) is 0 Å². The minimum atomic E-state index is -3.01. The summed E-state index contributed by atoms with van der Waals surface area (Å²) in [4.78, 5) is 0. The molecule has 4 rings (SSSR count). The van der Waals surface area contributed by atoms with Crippen molar-refractivity contribution in [3.05, 3.63) is 125 Å². The second kappa shape index (κ2) is 8.14. The van der Waals surface area contributed by atoms with Gasteiger partial charge in [-0.1, -0.05) is 0 Å². The predicted octanol–water partition coefficient (Wildman–Crippen LogP) is 6.95. The van der Waals surface area contributed by atoms with Crippen molar-refractivity contribution in [1.82, 2.24) is 0 Å². The van der Waals surface area contributed by atoms with Gasteiger partial charge in [-0.15, -0.1) is 0 Å². The van der Waals surface area contributed by atoms with Crippen LogP contribution in [0.2, 0.25) is 0 Å². The Morgan fingerprint density at radius 1 is 0.500 bits per heavy atom. The molecule has 4 aromatic rings. The average molecular weight is 475 g/mol. The van der Waals surface area contributed by atoms with Crippen LogP contribution in [0.4, 0.5) is 0 Å². The molecule has 0 heterocycles. The fourth-order valence-corrected chi connectivity index (χ4v) is 15.1. The van der Waals surface area contributed by atoms with Gasteiger partial charge in [0.15, 0.2) is 0 Å². The fourth-order valence-electron chi connectivity index (χ4n) is 4.83. The second-order valence-corrected chi connectivity index (χ2v) is 17.0. The van der Waals surface area contributed by atoms with Crippen LogP contribution in [0.5, 0.6) is 0 Å². The third kappa shape index (κ3) is 3.35. The Kier molecular flexibility index (Phi) is 5.71. The van der Waals surface area contributed by atoms with E-state index in [9.17, 15) is 0 Å². The predicted molar refractivity (Wildman–Crippen MR) is 138 cm³/mol. The zero-order valence-electron chi connectivity index (χ0n) is 17.8. The van der Waals surface area contributed by atoms with E-state index in [0.29, 0.717) is 0 Å². The van der Waals surface area contributed by atoms with E-state index < -0.39 is 5.31 Å². The molecular weight excluding hydrogens is 447 g/mol. The number of aryl methyl sites for hydroxylation is 3. The molecule has 2 heteroatoms. The van der Waals surface area contributed by atoms with Crippen molar-refractivity contribution >= 4 is 36.7 Å².